The maximum atomic E-state index is 12.2. The van der Waals surface area contributed by atoms with Crippen molar-refractivity contribution < 1.29 is 4.79 Å². The van der Waals surface area contributed by atoms with Crippen LogP contribution in [0.1, 0.15) is 21.5 Å². The Morgan fingerprint density at radius 3 is 2.25 bits per heavy atom. The van der Waals surface area contributed by atoms with Crippen LogP contribution in [-0.2, 0) is 6.54 Å². The molecule has 0 atom stereocenters. The molecule has 0 unspecified atom stereocenters. The largest absolute Gasteiger partial charge is 0.295 e. The van der Waals surface area contributed by atoms with E-state index in [1.165, 1.54) is 11.1 Å². The average Bonchev–Trinajstić information content (AvgIpc) is 2.42. The summed E-state index contributed by atoms with van der Waals surface area (Å²) in [7, 11) is 1.97. The molecule has 104 valence electrons. The van der Waals surface area contributed by atoms with Crippen LogP contribution in [0, 0.1) is 6.92 Å². The number of rotatable bonds is 5. The second-order valence-electron chi connectivity index (χ2n) is 5.09. The quantitative estimate of drug-likeness (QED) is 0.769. The summed E-state index contributed by atoms with van der Waals surface area (Å²) < 4.78 is 0.988. The van der Waals surface area contributed by atoms with E-state index >= 15 is 0 Å². The van der Waals surface area contributed by atoms with Gasteiger partial charge in [-0.25, -0.2) is 0 Å². The van der Waals surface area contributed by atoms with E-state index < -0.39 is 0 Å². The van der Waals surface area contributed by atoms with Crippen LogP contribution >= 0.6 is 15.9 Å². The highest BCUT2D eigenvalue weighted by Gasteiger charge is 2.09. The lowest BCUT2D eigenvalue weighted by atomic mass is 10.1. The number of Topliss-reactive ketones (excluding diaryl/α,β-unsaturated/α-hetero) is 1. The molecular formula is C17H18BrNO. The fraction of sp³-hybridized carbons (Fsp3) is 0.235. The Kier molecular flexibility index (Phi) is 5.10. The van der Waals surface area contributed by atoms with Crippen molar-refractivity contribution in [3.8, 4) is 0 Å². The van der Waals surface area contributed by atoms with Crippen LogP contribution in [0.5, 0.6) is 0 Å². The van der Waals surface area contributed by atoms with E-state index in [2.05, 4.69) is 47.1 Å². The smallest absolute Gasteiger partial charge is 0.176 e. The molecule has 2 rings (SSSR count). The SMILES string of the molecule is Cc1ccc(CN(C)CC(=O)c2ccc(Br)cc2)cc1. The highest BCUT2D eigenvalue weighted by atomic mass is 79.9. The van der Waals surface area contributed by atoms with Gasteiger partial charge in [0.1, 0.15) is 0 Å². The molecule has 0 spiro atoms. The van der Waals surface area contributed by atoms with Crippen LogP contribution in [0.15, 0.2) is 53.0 Å². The molecule has 2 aromatic rings. The summed E-state index contributed by atoms with van der Waals surface area (Å²) in [5.74, 6) is 0.145. The van der Waals surface area contributed by atoms with E-state index in [9.17, 15) is 4.79 Å². The zero-order valence-electron chi connectivity index (χ0n) is 11.8. The molecule has 0 saturated carbocycles. The third-order valence-corrected chi connectivity index (χ3v) is 3.68. The number of hydrogen-bond donors (Lipinski definition) is 0. The minimum Gasteiger partial charge on any atom is -0.295 e. The van der Waals surface area contributed by atoms with Crippen LogP contribution in [0.25, 0.3) is 0 Å². The van der Waals surface area contributed by atoms with Gasteiger partial charge in [-0.2, -0.15) is 0 Å². The molecule has 20 heavy (non-hydrogen) atoms. The van der Waals surface area contributed by atoms with Crippen molar-refractivity contribution in [2.45, 2.75) is 13.5 Å². The molecule has 0 aromatic heterocycles. The molecule has 0 N–H and O–H groups in total. The predicted octanol–water partition coefficient (Wildman–Crippen LogP) is 4.07. The monoisotopic (exact) mass is 331 g/mol. The summed E-state index contributed by atoms with van der Waals surface area (Å²) in [4.78, 5) is 14.2. The molecule has 0 heterocycles. The molecule has 0 fully saturated rings. The number of carbonyl (C=O) groups excluding carboxylic acids is 1. The number of hydrogen-bond acceptors (Lipinski definition) is 2. The molecule has 2 nitrogen and oxygen atoms in total. The van der Waals surface area contributed by atoms with E-state index in [0.717, 1.165) is 16.6 Å². The zero-order valence-corrected chi connectivity index (χ0v) is 13.4. The maximum Gasteiger partial charge on any atom is 0.176 e. The number of aryl methyl sites for hydroxylation is 1. The van der Waals surface area contributed by atoms with Gasteiger partial charge in [0.15, 0.2) is 5.78 Å². The third kappa shape index (κ3) is 4.29. The van der Waals surface area contributed by atoms with Crippen LogP contribution in [0.2, 0.25) is 0 Å². The van der Waals surface area contributed by atoms with Crippen LogP contribution < -0.4 is 0 Å². The minimum absolute atomic E-state index is 0.145. The number of likely N-dealkylation sites (N-methyl/N-ethyl adjacent to an activating group) is 1. The highest BCUT2D eigenvalue weighted by molar-refractivity contribution is 9.10. The van der Waals surface area contributed by atoms with Gasteiger partial charge in [0.05, 0.1) is 6.54 Å². The van der Waals surface area contributed by atoms with E-state index in [-0.39, 0.29) is 5.78 Å². The van der Waals surface area contributed by atoms with Crippen LogP contribution in [-0.4, -0.2) is 24.3 Å². The Balaban J connectivity index is 1.93. The van der Waals surface area contributed by atoms with Gasteiger partial charge in [-0.15, -0.1) is 0 Å². The first kappa shape index (κ1) is 14.9. The summed E-state index contributed by atoms with van der Waals surface area (Å²) in [5.41, 5.74) is 3.23. The molecule has 0 aliphatic heterocycles. The van der Waals surface area contributed by atoms with Crippen molar-refractivity contribution in [2.75, 3.05) is 13.6 Å². The molecule has 0 radical (unpaired) electrons. The van der Waals surface area contributed by atoms with Gasteiger partial charge in [0.2, 0.25) is 0 Å². The summed E-state index contributed by atoms with van der Waals surface area (Å²) in [6.07, 6.45) is 0. The van der Waals surface area contributed by atoms with Gasteiger partial charge >= 0.3 is 0 Å². The van der Waals surface area contributed by atoms with Crippen molar-refractivity contribution in [1.29, 1.82) is 0 Å². The summed E-state index contributed by atoms with van der Waals surface area (Å²) in [6, 6.07) is 15.9. The molecule has 3 heteroatoms. The second-order valence-corrected chi connectivity index (χ2v) is 6.00. The Hall–Kier alpha value is -1.45. The molecule has 0 bridgehead atoms. The van der Waals surface area contributed by atoms with E-state index in [0.29, 0.717) is 6.54 Å². The third-order valence-electron chi connectivity index (χ3n) is 3.15. The number of halogens is 1. The van der Waals surface area contributed by atoms with E-state index in [1.54, 1.807) is 0 Å². The van der Waals surface area contributed by atoms with Crippen molar-refractivity contribution in [3.05, 3.63) is 69.7 Å². The first-order chi connectivity index (χ1) is 9.54. The molecule has 0 amide bonds. The minimum atomic E-state index is 0.145. The van der Waals surface area contributed by atoms with Gasteiger partial charge in [-0.05, 0) is 31.7 Å². The van der Waals surface area contributed by atoms with E-state index in [4.69, 9.17) is 0 Å². The van der Waals surface area contributed by atoms with E-state index in [1.807, 2.05) is 36.2 Å². The van der Waals surface area contributed by atoms with Gasteiger partial charge in [-0.1, -0.05) is 57.9 Å². The van der Waals surface area contributed by atoms with Crippen molar-refractivity contribution in [1.82, 2.24) is 4.90 Å². The lowest BCUT2D eigenvalue weighted by Crippen LogP contribution is -2.25. The van der Waals surface area contributed by atoms with Gasteiger partial charge in [0.25, 0.3) is 0 Å². The first-order valence-corrected chi connectivity index (χ1v) is 7.37. The lowest BCUT2D eigenvalue weighted by Gasteiger charge is -2.16. The fourth-order valence-electron chi connectivity index (χ4n) is 2.03. The second kappa shape index (κ2) is 6.82. The Morgan fingerprint density at radius 2 is 1.65 bits per heavy atom. The first-order valence-electron chi connectivity index (χ1n) is 6.57. The topological polar surface area (TPSA) is 20.3 Å². The standard InChI is InChI=1S/C17H18BrNO/c1-13-3-5-14(6-4-13)11-19(2)12-17(20)15-7-9-16(18)10-8-15/h3-10H,11-12H2,1-2H3. The Labute approximate surface area is 128 Å². The fourth-order valence-corrected chi connectivity index (χ4v) is 2.30. The number of benzene rings is 2. The molecule has 0 aliphatic carbocycles. The maximum absolute atomic E-state index is 12.2. The Morgan fingerprint density at radius 1 is 1.05 bits per heavy atom. The number of nitrogens with zero attached hydrogens (tertiary/aromatic N) is 1. The van der Waals surface area contributed by atoms with Gasteiger partial charge in [-0.3, -0.25) is 9.69 Å². The predicted molar refractivity (Wildman–Crippen MR) is 86.0 cm³/mol. The summed E-state index contributed by atoms with van der Waals surface area (Å²) >= 11 is 3.37. The van der Waals surface area contributed by atoms with Crippen LogP contribution in [0.3, 0.4) is 0 Å². The molecule has 2 aromatic carbocycles. The zero-order chi connectivity index (χ0) is 14.5. The number of ketones is 1. The van der Waals surface area contributed by atoms with Gasteiger partial charge < -0.3 is 0 Å². The van der Waals surface area contributed by atoms with Gasteiger partial charge in [0, 0.05) is 16.6 Å². The number of carbonyl (C=O) groups is 1. The molecule has 0 aliphatic rings. The van der Waals surface area contributed by atoms with Crippen molar-refractivity contribution >= 4 is 21.7 Å². The van der Waals surface area contributed by atoms with Crippen LogP contribution in [0.4, 0.5) is 0 Å². The average molecular weight is 332 g/mol. The van der Waals surface area contributed by atoms with Crippen molar-refractivity contribution in [3.63, 3.8) is 0 Å². The summed E-state index contributed by atoms with van der Waals surface area (Å²) in [6.45, 7) is 3.28. The van der Waals surface area contributed by atoms with Crippen molar-refractivity contribution in [2.24, 2.45) is 0 Å². The highest BCUT2D eigenvalue weighted by Crippen LogP contribution is 2.12. The lowest BCUT2D eigenvalue weighted by molar-refractivity contribution is 0.0943. The normalized spacial score (nSPS) is 10.8. The molecule has 0 saturated heterocycles. The Bertz CT molecular complexity index is 575. The summed E-state index contributed by atoms with van der Waals surface area (Å²) in [5, 5.41) is 0. The molecular weight excluding hydrogens is 314 g/mol.